The Morgan fingerprint density at radius 1 is 1.75 bits per heavy atom. The molecule has 1 aliphatic heterocycles. The zero-order valence-electron chi connectivity index (χ0n) is 7.54. The van der Waals surface area contributed by atoms with Crippen LogP contribution in [0.2, 0.25) is 0 Å². The molecule has 1 atom stereocenters. The van der Waals surface area contributed by atoms with Crippen molar-refractivity contribution in [2.24, 2.45) is 0 Å². The van der Waals surface area contributed by atoms with Crippen LogP contribution in [0.15, 0.2) is 0 Å². The zero-order valence-corrected chi connectivity index (χ0v) is 7.54. The van der Waals surface area contributed by atoms with Gasteiger partial charge in [0.05, 0.1) is 0 Å². The first-order valence-corrected chi connectivity index (χ1v) is 4.23. The van der Waals surface area contributed by atoms with Gasteiger partial charge in [0.1, 0.15) is 6.73 Å². The second kappa shape index (κ2) is 3.41. The molecule has 1 saturated heterocycles. The molecular formula is C8H15NO3. The van der Waals surface area contributed by atoms with Crippen LogP contribution in [-0.2, 0) is 9.53 Å². The molecule has 4 nitrogen and oxygen atoms in total. The number of carbonyl (C=O) groups excluding carboxylic acids is 1. The third-order valence-electron chi connectivity index (χ3n) is 1.97. The van der Waals surface area contributed by atoms with E-state index < -0.39 is 5.79 Å². The number of aliphatic hydroxyl groups is 1. The first kappa shape index (κ1) is 9.48. The van der Waals surface area contributed by atoms with Crippen LogP contribution in [0.5, 0.6) is 0 Å². The molecule has 0 aliphatic carbocycles. The van der Waals surface area contributed by atoms with E-state index in [1.54, 1.807) is 0 Å². The maximum atomic E-state index is 11.3. The Bertz CT molecular complexity index is 179. The van der Waals surface area contributed by atoms with Gasteiger partial charge in [-0.2, -0.15) is 0 Å². The van der Waals surface area contributed by atoms with Gasteiger partial charge in [0, 0.05) is 6.54 Å². The van der Waals surface area contributed by atoms with Gasteiger partial charge < -0.3 is 14.7 Å². The van der Waals surface area contributed by atoms with Crippen LogP contribution in [0.4, 0.5) is 0 Å². The van der Waals surface area contributed by atoms with Gasteiger partial charge in [-0.25, -0.2) is 0 Å². The van der Waals surface area contributed by atoms with Gasteiger partial charge in [-0.05, 0) is 13.3 Å². The number of hydrogen-bond acceptors (Lipinski definition) is 3. The lowest BCUT2D eigenvalue weighted by Gasteiger charge is -2.14. The first-order valence-electron chi connectivity index (χ1n) is 4.23. The molecular weight excluding hydrogens is 158 g/mol. The lowest BCUT2D eigenvalue weighted by atomic mass is 10.3. The molecule has 0 saturated carbocycles. The number of rotatable bonds is 3. The second-order valence-electron chi connectivity index (χ2n) is 3.18. The van der Waals surface area contributed by atoms with Crippen molar-refractivity contribution in [3.63, 3.8) is 0 Å². The molecule has 70 valence electrons. The maximum Gasteiger partial charge on any atom is 0.284 e. The van der Waals surface area contributed by atoms with Crippen molar-refractivity contribution in [2.75, 3.05) is 13.3 Å². The summed E-state index contributed by atoms with van der Waals surface area (Å²) in [4.78, 5) is 12.8. The number of amides is 1. The smallest absolute Gasteiger partial charge is 0.284 e. The number of hydrogen-bond donors (Lipinski definition) is 1. The topological polar surface area (TPSA) is 49.8 Å². The summed E-state index contributed by atoms with van der Waals surface area (Å²) < 4.78 is 4.89. The first-order chi connectivity index (χ1) is 5.58. The Hall–Kier alpha value is -0.610. The summed E-state index contributed by atoms with van der Waals surface area (Å²) in [6, 6.07) is 0. The quantitative estimate of drug-likeness (QED) is 0.668. The van der Waals surface area contributed by atoms with Gasteiger partial charge in [0.15, 0.2) is 0 Å². The highest BCUT2D eigenvalue weighted by atomic mass is 16.7. The highest BCUT2D eigenvalue weighted by Gasteiger charge is 2.41. The normalized spacial score (nSPS) is 29.9. The molecule has 0 radical (unpaired) electrons. The molecule has 0 spiro atoms. The van der Waals surface area contributed by atoms with Crippen molar-refractivity contribution in [3.05, 3.63) is 0 Å². The van der Waals surface area contributed by atoms with E-state index in [0.29, 0.717) is 6.54 Å². The van der Waals surface area contributed by atoms with Crippen molar-refractivity contribution in [1.82, 2.24) is 4.90 Å². The minimum absolute atomic E-state index is 0.214. The Morgan fingerprint density at radius 2 is 2.42 bits per heavy atom. The number of carbonyl (C=O) groups is 1. The molecule has 1 unspecified atom stereocenters. The summed E-state index contributed by atoms with van der Waals surface area (Å²) in [7, 11) is 0. The lowest BCUT2D eigenvalue weighted by molar-refractivity contribution is -0.174. The molecule has 1 aliphatic rings. The van der Waals surface area contributed by atoms with Crippen molar-refractivity contribution in [3.8, 4) is 0 Å². The molecule has 1 N–H and O–H groups in total. The molecule has 4 heteroatoms. The van der Waals surface area contributed by atoms with Crippen LogP contribution in [-0.4, -0.2) is 35.0 Å². The third-order valence-corrected chi connectivity index (χ3v) is 1.97. The van der Waals surface area contributed by atoms with E-state index in [9.17, 15) is 9.90 Å². The number of unbranched alkanes of at least 4 members (excludes halogenated alkanes) is 1. The molecule has 12 heavy (non-hydrogen) atoms. The fourth-order valence-electron chi connectivity index (χ4n) is 1.13. The Kier molecular flexibility index (Phi) is 2.69. The Morgan fingerprint density at radius 3 is 2.83 bits per heavy atom. The number of nitrogens with zero attached hydrogens (tertiary/aromatic N) is 1. The van der Waals surface area contributed by atoms with E-state index >= 15 is 0 Å². The van der Waals surface area contributed by atoms with Crippen molar-refractivity contribution >= 4 is 5.91 Å². The predicted octanol–water partition coefficient (Wildman–Crippen LogP) is 0.311. The van der Waals surface area contributed by atoms with Gasteiger partial charge in [-0.1, -0.05) is 13.3 Å². The van der Waals surface area contributed by atoms with Crippen LogP contribution < -0.4 is 0 Å². The fourth-order valence-corrected chi connectivity index (χ4v) is 1.13. The summed E-state index contributed by atoms with van der Waals surface area (Å²) in [5.41, 5.74) is 0. The van der Waals surface area contributed by atoms with Crippen LogP contribution in [0, 0.1) is 0 Å². The lowest BCUT2D eigenvalue weighted by Crippen LogP contribution is -2.38. The van der Waals surface area contributed by atoms with E-state index in [1.807, 2.05) is 0 Å². The molecule has 1 heterocycles. The fraction of sp³-hybridized carbons (Fsp3) is 0.875. The van der Waals surface area contributed by atoms with Gasteiger partial charge >= 0.3 is 0 Å². The maximum absolute atomic E-state index is 11.3. The van der Waals surface area contributed by atoms with Crippen LogP contribution >= 0.6 is 0 Å². The third kappa shape index (κ3) is 1.76. The summed E-state index contributed by atoms with van der Waals surface area (Å²) >= 11 is 0. The minimum atomic E-state index is -1.59. The highest BCUT2D eigenvalue weighted by molar-refractivity contribution is 5.84. The van der Waals surface area contributed by atoms with Crippen LogP contribution in [0.3, 0.4) is 0 Å². The molecule has 1 amide bonds. The minimum Gasteiger partial charge on any atom is -0.358 e. The van der Waals surface area contributed by atoms with Crippen molar-refractivity contribution < 1.29 is 14.6 Å². The summed E-state index contributed by atoms with van der Waals surface area (Å²) in [5, 5.41) is 9.32. The van der Waals surface area contributed by atoms with Crippen LogP contribution in [0.1, 0.15) is 26.7 Å². The van der Waals surface area contributed by atoms with Gasteiger partial charge in [0.2, 0.25) is 5.79 Å². The van der Waals surface area contributed by atoms with E-state index in [2.05, 4.69) is 6.92 Å². The van der Waals surface area contributed by atoms with E-state index in [4.69, 9.17) is 4.74 Å². The zero-order chi connectivity index (χ0) is 9.19. The SMILES string of the molecule is CCCCN1COC(C)(O)C1=O. The van der Waals surface area contributed by atoms with Gasteiger partial charge in [-0.15, -0.1) is 0 Å². The summed E-state index contributed by atoms with van der Waals surface area (Å²) in [6.07, 6.45) is 1.98. The second-order valence-corrected chi connectivity index (χ2v) is 3.18. The predicted molar refractivity (Wildman–Crippen MR) is 43.2 cm³/mol. The molecule has 1 rings (SSSR count). The van der Waals surface area contributed by atoms with E-state index in [-0.39, 0.29) is 12.6 Å². The van der Waals surface area contributed by atoms with Gasteiger partial charge in [0.25, 0.3) is 5.91 Å². The standard InChI is InChI=1S/C8H15NO3/c1-3-4-5-9-6-12-8(2,11)7(9)10/h11H,3-6H2,1-2H3. The Balaban J connectivity index is 2.44. The number of ether oxygens (including phenoxy) is 1. The molecule has 0 aromatic rings. The summed E-state index contributed by atoms with van der Waals surface area (Å²) in [6.45, 7) is 4.32. The summed E-state index contributed by atoms with van der Waals surface area (Å²) in [5.74, 6) is -1.91. The monoisotopic (exact) mass is 173 g/mol. The highest BCUT2D eigenvalue weighted by Crippen LogP contribution is 2.18. The van der Waals surface area contributed by atoms with E-state index in [0.717, 1.165) is 12.8 Å². The average molecular weight is 173 g/mol. The van der Waals surface area contributed by atoms with Crippen LogP contribution in [0.25, 0.3) is 0 Å². The molecule has 0 aromatic carbocycles. The Labute approximate surface area is 72.1 Å². The largest absolute Gasteiger partial charge is 0.358 e. The molecule has 0 bridgehead atoms. The van der Waals surface area contributed by atoms with Gasteiger partial charge in [-0.3, -0.25) is 4.79 Å². The van der Waals surface area contributed by atoms with Crippen molar-refractivity contribution in [1.29, 1.82) is 0 Å². The molecule has 0 aromatic heterocycles. The molecule has 1 fully saturated rings. The average Bonchev–Trinajstić information content (AvgIpc) is 2.26. The van der Waals surface area contributed by atoms with Crippen molar-refractivity contribution in [2.45, 2.75) is 32.5 Å². The van der Waals surface area contributed by atoms with E-state index in [1.165, 1.54) is 11.8 Å².